The fraction of sp³-hybridized carbons (Fsp3) is 0.286. The van der Waals surface area contributed by atoms with E-state index in [0.29, 0.717) is 18.4 Å². The van der Waals surface area contributed by atoms with E-state index < -0.39 is 0 Å². The van der Waals surface area contributed by atoms with Crippen molar-refractivity contribution in [2.24, 2.45) is 5.73 Å². The van der Waals surface area contributed by atoms with Crippen LogP contribution in [0, 0.1) is 0 Å². The van der Waals surface area contributed by atoms with Gasteiger partial charge in [0.25, 0.3) is 5.56 Å². The van der Waals surface area contributed by atoms with Gasteiger partial charge in [-0.2, -0.15) is 0 Å². The summed E-state index contributed by atoms with van der Waals surface area (Å²) >= 11 is 0. The van der Waals surface area contributed by atoms with Crippen molar-refractivity contribution >= 4 is 11.5 Å². The standard InChI is InChI=1S/C14H16N4O/c15-9-10-1-3-11(4-2-10)17-13-14(19)18(8-7-16-13)12-5-6-12/h1-4,7-8,12H,5-6,9,15H2,(H,16,17). The Morgan fingerprint density at radius 3 is 2.68 bits per heavy atom. The lowest BCUT2D eigenvalue weighted by molar-refractivity contribution is 0.701. The minimum Gasteiger partial charge on any atom is -0.336 e. The molecule has 3 rings (SSSR count). The number of anilines is 2. The molecule has 19 heavy (non-hydrogen) atoms. The molecule has 0 aliphatic heterocycles. The minimum atomic E-state index is -0.0621. The molecule has 1 aliphatic carbocycles. The molecule has 0 amide bonds. The third-order valence-electron chi connectivity index (χ3n) is 3.26. The fourth-order valence-corrected chi connectivity index (χ4v) is 2.01. The largest absolute Gasteiger partial charge is 0.336 e. The van der Waals surface area contributed by atoms with Crippen molar-refractivity contribution in [1.82, 2.24) is 9.55 Å². The third-order valence-corrected chi connectivity index (χ3v) is 3.26. The predicted octanol–water partition coefficient (Wildman–Crippen LogP) is 1.78. The highest BCUT2D eigenvalue weighted by atomic mass is 16.1. The van der Waals surface area contributed by atoms with E-state index in [1.165, 1.54) is 0 Å². The summed E-state index contributed by atoms with van der Waals surface area (Å²) in [5, 5.41) is 3.06. The molecule has 0 spiro atoms. The zero-order valence-corrected chi connectivity index (χ0v) is 10.5. The normalized spacial score (nSPS) is 14.4. The van der Waals surface area contributed by atoms with Gasteiger partial charge in [0.15, 0.2) is 5.82 Å². The Labute approximate surface area is 111 Å². The molecule has 1 aromatic heterocycles. The molecule has 5 heteroatoms. The van der Waals surface area contributed by atoms with E-state index in [1.54, 1.807) is 17.0 Å². The summed E-state index contributed by atoms with van der Waals surface area (Å²) in [5.74, 6) is 0.370. The Hall–Kier alpha value is -2.14. The van der Waals surface area contributed by atoms with Gasteiger partial charge < -0.3 is 15.6 Å². The molecule has 0 saturated heterocycles. The van der Waals surface area contributed by atoms with Crippen LogP contribution in [-0.2, 0) is 6.54 Å². The predicted molar refractivity (Wildman–Crippen MR) is 74.4 cm³/mol. The van der Waals surface area contributed by atoms with Gasteiger partial charge in [-0.25, -0.2) is 4.98 Å². The van der Waals surface area contributed by atoms with Crippen LogP contribution in [0.3, 0.4) is 0 Å². The Kier molecular flexibility index (Phi) is 3.05. The van der Waals surface area contributed by atoms with Crippen LogP contribution in [0.4, 0.5) is 11.5 Å². The minimum absolute atomic E-state index is 0.0621. The first kappa shape index (κ1) is 11.9. The van der Waals surface area contributed by atoms with Gasteiger partial charge in [0, 0.05) is 30.7 Å². The average molecular weight is 256 g/mol. The van der Waals surface area contributed by atoms with Crippen LogP contribution in [0.1, 0.15) is 24.4 Å². The molecule has 1 saturated carbocycles. The Morgan fingerprint density at radius 1 is 1.32 bits per heavy atom. The number of hydrogen-bond acceptors (Lipinski definition) is 4. The van der Waals surface area contributed by atoms with Crippen LogP contribution in [-0.4, -0.2) is 9.55 Å². The van der Waals surface area contributed by atoms with Crippen molar-refractivity contribution in [3.8, 4) is 0 Å². The highest BCUT2D eigenvalue weighted by molar-refractivity contribution is 5.55. The zero-order valence-electron chi connectivity index (χ0n) is 10.5. The molecular formula is C14H16N4O. The molecule has 2 aromatic rings. The van der Waals surface area contributed by atoms with Crippen LogP contribution in [0.15, 0.2) is 41.5 Å². The van der Waals surface area contributed by atoms with Crippen molar-refractivity contribution in [2.45, 2.75) is 25.4 Å². The maximum atomic E-state index is 12.2. The monoisotopic (exact) mass is 256 g/mol. The molecule has 0 unspecified atom stereocenters. The van der Waals surface area contributed by atoms with Gasteiger partial charge in [0.1, 0.15) is 0 Å². The lowest BCUT2D eigenvalue weighted by Crippen LogP contribution is -2.22. The molecule has 0 radical (unpaired) electrons. The van der Waals surface area contributed by atoms with Gasteiger partial charge in [-0.1, -0.05) is 12.1 Å². The zero-order chi connectivity index (χ0) is 13.2. The summed E-state index contributed by atoms with van der Waals surface area (Å²) in [6, 6.07) is 8.03. The van der Waals surface area contributed by atoms with Crippen molar-refractivity contribution in [3.05, 3.63) is 52.6 Å². The number of benzene rings is 1. The van der Waals surface area contributed by atoms with Gasteiger partial charge in [-0.15, -0.1) is 0 Å². The van der Waals surface area contributed by atoms with Crippen LogP contribution in [0.5, 0.6) is 0 Å². The van der Waals surface area contributed by atoms with E-state index in [2.05, 4.69) is 10.3 Å². The molecular weight excluding hydrogens is 240 g/mol. The van der Waals surface area contributed by atoms with E-state index in [1.807, 2.05) is 24.3 Å². The highest BCUT2D eigenvalue weighted by Gasteiger charge is 2.25. The van der Waals surface area contributed by atoms with Crippen molar-refractivity contribution in [1.29, 1.82) is 0 Å². The van der Waals surface area contributed by atoms with Gasteiger partial charge >= 0.3 is 0 Å². The number of nitrogens with one attached hydrogen (secondary N) is 1. The van der Waals surface area contributed by atoms with Crippen LogP contribution in [0.25, 0.3) is 0 Å². The third kappa shape index (κ3) is 2.51. The van der Waals surface area contributed by atoms with E-state index in [4.69, 9.17) is 5.73 Å². The topological polar surface area (TPSA) is 72.9 Å². The second-order valence-corrected chi connectivity index (χ2v) is 4.75. The van der Waals surface area contributed by atoms with Crippen LogP contribution < -0.4 is 16.6 Å². The molecule has 3 N–H and O–H groups in total. The van der Waals surface area contributed by atoms with Crippen molar-refractivity contribution in [2.75, 3.05) is 5.32 Å². The van der Waals surface area contributed by atoms with Gasteiger partial charge in [-0.05, 0) is 30.5 Å². The Bertz CT molecular complexity index is 629. The van der Waals surface area contributed by atoms with Gasteiger partial charge in [0.2, 0.25) is 0 Å². The summed E-state index contributed by atoms with van der Waals surface area (Å²) < 4.78 is 1.75. The SMILES string of the molecule is NCc1ccc(Nc2nccn(C3CC3)c2=O)cc1. The summed E-state index contributed by atoms with van der Waals surface area (Å²) in [5.41, 5.74) is 7.39. The first-order chi connectivity index (χ1) is 9.28. The maximum absolute atomic E-state index is 12.2. The lowest BCUT2D eigenvalue weighted by Gasteiger charge is -2.08. The first-order valence-corrected chi connectivity index (χ1v) is 6.41. The summed E-state index contributed by atoms with van der Waals surface area (Å²) in [7, 11) is 0. The fourth-order valence-electron chi connectivity index (χ4n) is 2.01. The number of nitrogens with zero attached hydrogens (tertiary/aromatic N) is 2. The molecule has 0 atom stereocenters. The number of rotatable bonds is 4. The molecule has 1 fully saturated rings. The summed E-state index contributed by atoms with van der Waals surface area (Å²) in [4.78, 5) is 16.3. The lowest BCUT2D eigenvalue weighted by atomic mass is 10.2. The highest BCUT2D eigenvalue weighted by Crippen LogP contribution is 2.33. The molecule has 98 valence electrons. The van der Waals surface area contributed by atoms with E-state index in [-0.39, 0.29) is 5.56 Å². The summed E-state index contributed by atoms with van der Waals surface area (Å²) in [6.07, 6.45) is 5.57. The quantitative estimate of drug-likeness (QED) is 0.874. The number of aromatic nitrogens is 2. The summed E-state index contributed by atoms with van der Waals surface area (Å²) in [6.45, 7) is 0.512. The Morgan fingerprint density at radius 2 is 2.05 bits per heavy atom. The second-order valence-electron chi connectivity index (χ2n) is 4.75. The molecule has 1 aromatic carbocycles. The molecule has 5 nitrogen and oxygen atoms in total. The number of nitrogens with two attached hydrogens (primary N) is 1. The smallest absolute Gasteiger partial charge is 0.293 e. The van der Waals surface area contributed by atoms with Crippen LogP contribution in [0.2, 0.25) is 0 Å². The molecule has 1 aliphatic rings. The van der Waals surface area contributed by atoms with Crippen molar-refractivity contribution in [3.63, 3.8) is 0 Å². The Balaban J connectivity index is 1.86. The second kappa shape index (κ2) is 4.85. The van der Waals surface area contributed by atoms with E-state index >= 15 is 0 Å². The first-order valence-electron chi connectivity index (χ1n) is 6.41. The molecule has 0 bridgehead atoms. The van der Waals surface area contributed by atoms with E-state index in [9.17, 15) is 4.79 Å². The van der Waals surface area contributed by atoms with Crippen molar-refractivity contribution < 1.29 is 0 Å². The number of hydrogen-bond donors (Lipinski definition) is 2. The molecule has 1 heterocycles. The van der Waals surface area contributed by atoms with Crippen LogP contribution >= 0.6 is 0 Å². The van der Waals surface area contributed by atoms with Gasteiger partial charge in [0.05, 0.1) is 0 Å². The maximum Gasteiger partial charge on any atom is 0.293 e. The average Bonchev–Trinajstić information content (AvgIpc) is 3.26. The van der Waals surface area contributed by atoms with E-state index in [0.717, 1.165) is 24.1 Å². The van der Waals surface area contributed by atoms with Gasteiger partial charge in [-0.3, -0.25) is 4.79 Å².